The van der Waals surface area contributed by atoms with Crippen LogP contribution in [0.2, 0.25) is 0 Å². The molecule has 1 aliphatic heterocycles. The first-order valence-electron chi connectivity index (χ1n) is 6.57. The summed E-state index contributed by atoms with van der Waals surface area (Å²) in [4.78, 5) is 12.2. The number of halogens is 1. The second-order valence-electron chi connectivity index (χ2n) is 5.44. The minimum Gasteiger partial charge on any atom is -0.491 e. The smallest absolute Gasteiger partial charge is 0.237 e. The number of hydrogen-bond acceptors (Lipinski definition) is 5. The summed E-state index contributed by atoms with van der Waals surface area (Å²) in [6, 6.07) is 0. The van der Waals surface area contributed by atoms with Crippen molar-refractivity contribution >= 4 is 15.9 Å². The van der Waals surface area contributed by atoms with E-state index in [0.29, 0.717) is 23.3 Å². The SMILES string of the molecule is COCC1(C)C(OC)Cn2cc(Br)c(=O)c(OC)c2C1O. The average Bonchev–Trinajstić information content (AvgIpc) is 2.45. The Labute approximate surface area is 131 Å². The third-order valence-electron chi connectivity index (χ3n) is 4.16. The molecule has 0 fully saturated rings. The summed E-state index contributed by atoms with van der Waals surface area (Å²) < 4.78 is 18.2. The number of aromatic nitrogens is 1. The van der Waals surface area contributed by atoms with Crippen LogP contribution in [0.5, 0.6) is 5.75 Å². The van der Waals surface area contributed by atoms with Crippen molar-refractivity contribution in [2.24, 2.45) is 5.41 Å². The Hall–Kier alpha value is -0.890. The molecule has 0 aliphatic carbocycles. The Morgan fingerprint density at radius 1 is 1.48 bits per heavy atom. The molecule has 0 radical (unpaired) electrons. The molecule has 1 N–H and O–H groups in total. The van der Waals surface area contributed by atoms with Gasteiger partial charge in [0.25, 0.3) is 0 Å². The lowest BCUT2D eigenvalue weighted by Crippen LogP contribution is -2.50. The number of aliphatic hydroxyl groups is 1. The quantitative estimate of drug-likeness (QED) is 0.875. The summed E-state index contributed by atoms with van der Waals surface area (Å²) in [6.07, 6.45) is 0.466. The zero-order valence-electron chi connectivity index (χ0n) is 12.6. The van der Waals surface area contributed by atoms with Gasteiger partial charge in [-0.05, 0) is 15.9 Å². The maximum Gasteiger partial charge on any atom is 0.237 e. The lowest BCUT2D eigenvalue weighted by molar-refractivity contribution is -0.135. The van der Waals surface area contributed by atoms with Crippen LogP contribution in [0.4, 0.5) is 0 Å². The van der Waals surface area contributed by atoms with Crippen molar-refractivity contribution in [1.82, 2.24) is 4.57 Å². The Morgan fingerprint density at radius 3 is 2.67 bits per heavy atom. The van der Waals surface area contributed by atoms with Gasteiger partial charge in [0.2, 0.25) is 5.43 Å². The van der Waals surface area contributed by atoms with Gasteiger partial charge in [0, 0.05) is 27.0 Å². The molecule has 0 aromatic carbocycles. The highest BCUT2D eigenvalue weighted by molar-refractivity contribution is 9.10. The Bertz CT molecular complexity index is 587. The fourth-order valence-corrected chi connectivity index (χ4v) is 3.38. The summed E-state index contributed by atoms with van der Waals surface area (Å²) >= 11 is 3.23. The molecule has 0 saturated carbocycles. The monoisotopic (exact) mass is 361 g/mol. The highest BCUT2D eigenvalue weighted by atomic mass is 79.9. The van der Waals surface area contributed by atoms with Gasteiger partial charge >= 0.3 is 0 Å². The average molecular weight is 362 g/mol. The van der Waals surface area contributed by atoms with Crippen LogP contribution in [-0.4, -0.2) is 43.7 Å². The Kier molecular flexibility index (Phi) is 4.77. The molecule has 2 rings (SSSR count). The highest BCUT2D eigenvalue weighted by Gasteiger charge is 2.48. The van der Waals surface area contributed by atoms with Gasteiger partial charge in [-0.1, -0.05) is 6.92 Å². The molecule has 118 valence electrons. The fraction of sp³-hybridized carbons (Fsp3) is 0.643. The molecule has 3 atom stereocenters. The Morgan fingerprint density at radius 2 is 2.14 bits per heavy atom. The molecule has 7 heteroatoms. The number of nitrogens with zero attached hydrogens (tertiary/aromatic N) is 1. The molecular weight excluding hydrogens is 342 g/mol. The van der Waals surface area contributed by atoms with E-state index in [2.05, 4.69) is 15.9 Å². The molecule has 0 spiro atoms. The number of fused-ring (bicyclic) bond motifs is 1. The standard InChI is InChI=1S/C14H20BrNO5/c1-14(7-19-2)9(20-3)6-16-5-8(15)11(17)12(21-4)10(16)13(14)18/h5,9,13,18H,6-7H2,1-4H3. The molecule has 0 bridgehead atoms. The van der Waals surface area contributed by atoms with E-state index in [1.807, 2.05) is 6.92 Å². The first-order chi connectivity index (χ1) is 9.90. The highest BCUT2D eigenvalue weighted by Crippen LogP contribution is 2.45. The van der Waals surface area contributed by atoms with Crippen LogP contribution < -0.4 is 10.2 Å². The molecule has 3 unspecified atom stereocenters. The summed E-state index contributed by atoms with van der Waals surface area (Å²) in [5.41, 5.74) is -0.492. The van der Waals surface area contributed by atoms with E-state index in [0.717, 1.165) is 0 Å². The van der Waals surface area contributed by atoms with Crippen LogP contribution in [0, 0.1) is 5.41 Å². The minimum absolute atomic E-state index is 0.147. The Balaban J connectivity index is 2.66. The normalized spacial score (nSPS) is 28.3. The van der Waals surface area contributed by atoms with Gasteiger partial charge in [0.05, 0.1) is 35.4 Å². The molecule has 1 aliphatic rings. The first kappa shape index (κ1) is 16.5. The number of pyridine rings is 1. The van der Waals surface area contributed by atoms with E-state index in [-0.39, 0.29) is 17.3 Å². The molecule has 1 aromatic heterocycles. The van der Waals surface area contributed by atoms with E-state index in [1.165, 1.54) is 7.11 Å². The van der Waals surface area contributed by atoms with Crippen LogP contribution in [0.1, 0.15) is 18.7 Å². The molecule has 21 heavy (non-hydrogen) atoms. The summed E-state index contributed by atoms with van der Waals surface area (Å²) in [7, 11) is 4.60. The number of methoxy groups -OCH3 is 3. The lowest BCUT2D eigenvalue weighted by Gasteiger charge is -2.45. The van der Waals surface area contributed by atoms with E-state index >= 15 is 0 Å². The van der Waals surface area contributed by atoms with Crippen LogP contribution in [-0.2, 0) is 16.0 Å². The predicted octanol–water partition coefficient (Wildman–Crippen LogP) is 1.33. The van der Waals surface area contributed by atoms with Gasteiger partial charge in [0.1, 0.15) is 6.10 Å². The van der Waals surface area contributed by atoms with Crippen molar-refractivity contribution in [2.45, 2.75) is 25.7 Å². The van der Waals surface area contributed by atoms with Crippen molar-refractivity contribution in [3.63, 3.8) is 0 Å². The predicted molar refractivity (Wildman–Crippen MR) is 80.7 cm³/mol. The molecule has 6 nitrogen and oxygen atoms in total. The first-order valence-corrected chi connectivity index (χ1v) is 7.36. The minimum atomic E-state index is -0.938. The second-order valence-corrected chi connectivity index (χ2v) is 6.30. The lowest BCUT2D eigenvalue weighted by atomic mass is 9.75. The van der Waals surface area contributed by atoms with Crippen molar-refractivity contribution in [1.29, 1.82) is 0 Å². The molecule has 0 amide bonds. The third kappa shape index (κ3) is 2.52. The number of ether oxygens (including phenoxy) is 3. The zero-order valence-corrected chi connectivity index (χ0v) is 14.1. The summed E-state index contributed by atoms with van der Waals surface area (Å²) in [6.45, 7) is 2.68. The van der Waals surface area contributed by atoms with E-state index in [4.69, 9.17) is 14.2 Å². The van der Waals surface area contributed by atoms with Crippen molar-refractivity contribution < 1.29 is 19.3 Å². The zero-order chi connectivity index (χ0) is 15.8. The van der Waals surface area contributed by atoms with E-state index in [9.17, 15) is 9.90 Å². The van der Waals surface area contributed by atoms with Crippen molar-refractivity contribution in [2.75, 3.05) is 27.9 Å². The van der Waals surface area contributed by atoms with Gasteiger partial charge in [-0.25, -0.2) is 0 Å². The molecule has 1 aromatic rings. The molecule has 0 saturated heterocycles. The number of aliphatic hydroxyl groups excluding tert-OH is 1. The van der Waals surface area contributed by atoms with Crippen LogP contribution in [0.3, 0.4) is 0 Å². The van der Waals surface area contributed by atoms with Crippen molar-refractivity contribution in [3.05, 3.63) is 26.6 Å². The van der Waals surface area contributed by atoms with Crippen molar-refractivity contribution in [3.8, 4) is 5.75 Å². The van der Waals surface area contributed by atoms with E-state index in [1.54, 1.807) is 25.0 Å². The van der Waals surface area contributed by atoms with Gasteiger partial charge in [-0.15, -0.1) is 0 Å². The van der Waals surface area contributed by atoms with Gasteiger partial charge in [-0.2, -0.15) is 0 Å². The maximum atomic E-state index is 12.2. The van der Waals surface area contributed by atoms with Crippen LogP contribution in [0.25, 0.3) is 0 Å². The maximum absolute atomic E-state index is 12.2. The number of hydrogen-bond donors (Lipinski definition) is 1. The summed E-state index contributed by atoms with van der Waals surface area (Å²) in [5, 5.41) is 10.8. The molecule has 2 heterocycles. The molecular formula is C14H20BrNO5. The fourth-order valence-electron chi connectivity index (χ4n) is 2.95. The summed E-state index contributed by atoms with van der Waals surface area (Å²) in [5.74, 6) is 0.147. The third-order valence-corrected chi connectivity index (χ3v) is 4.72. The van der Waals surface area contributed by atoms with Gasteiger partial charge in [0.15, 0.2) is 5.75 Å². The van der Waals surface area contributed by atoms with Crippen LogP contribution in [0.15, 0.2) is 15.5 Å². The van der Waals surface area contributed by atoms with Gasteiger partial charge in [-0.3, -0.25) is 4.79 Å². The largest absolute Gasteiger partial charge is 0.491 e. The number of rotatable bonds is 4. The second kappa shape index (κ2) is 6.08. The van der Waals surface area contributed by atoms with Gasteiger partial charge < -0.3 is 23.9 Å². The topological polar surface area (TPSA) is 69.9 Å². The van der Waals surface area contributed by atoms with Crippen LogP contribution >= 0.6 is 15.9 Å². The van der Waals surface area contributed by atoms with E-state index < -0.39 is 11.5 Å².